The first-order valence-corrected chi connectivity index (χ1v) is 9.14. The maximum absolute atomic E-state index is 5.64. The van der Waals surface area contributed by atoms with E-state index in [-0.39, 0.29) is 0 Å². The molecule has 0 spiro atoms. The first kappa shape index (κ1) is 16.6. The van der Waals surface area contributed by atoms with E-state index in [0.29, 0.717) is 0 Å². The third kappa shape index (κ3) is 3.55. The summed E-state index contributed by atoms with van der Waals surface area (Å²) in [6, 6.07) is 22.2. The van der Waals surface area contributed by atoms with E-state index in [2.05, 4.69) is 28.1 Å². The number of furan rings is 1. The lowest BCUT2D eigenvalue weighted by Gasteiger charge is -2.00. The van der Waals surface area contributed by atoms with E-state index in [9.17, 15) is 0 Å². The summed E-state index contributed by atoms with van der Waals surface area (Å²) in [7, 11) is 0. The fourth-order valence-electron chi connectivity index (χ4n) is 2.77. The van der Waals surface area contributed by atoms with E-state index in [1.807, 2.05) is 84.6 Å². The van der Waals surface area contributed by atoms with E-state index in [0.717, 1.165) is 38.5 Å². The molecule has 0 saturated heterocycles. The van der Waals surface area contributed by atoms with Gasteiger partial charge in [-0.1, -0.05) is 46.3 Å². The highest BCUT2D eigenvalue weighted by atomic mass is 79.9. The largest absolute Gasteiger partial charge is 0.462 e. The number of hydrogen-bond acceptors (Lipinski definition) is 2. The van der Waals surface area contributed by atoms with Crippen LogP contribution in [0, 0.1) is 6.92 Å². The lowest BCUT2D eigenvalue weighted by molar-refractivity contribution is 0.525. The van der Waals surface area contributed by atoms with Crippen LogP contribution in [0.25, 0.3) is 29.1 Å². The minimum absolute atomic E-state index is 0.830. The van der Waals surface area contributed by atoms with Crippen molar-refractivity contribution in [2.24, 2.45) is 0 Å². The van der Waals surface area contributed by atoms with Gasteiger partial charge in [0.25, 0.3) is 0 Å². The van der Waals surface area contributed by atoms with Gasteiger partial charge in [0.15, 0.2) is 0 Å². The summed E-state index contributed by atoms with van der Waals surface area (Å²) < 4.78 is 8.59. The first-order valence-electron chi connectivity index (χ1n) is 8.34. The summed E-state index contributed by atoms with van der Waals surface area (Å²) >= 11 is 3.49. The van der Waals surface area contributed by atoms with Gasteiger partial charge in [-0.25, -0.2) is 4.68 Å². The molecule has 0 saturated carbocycles. The highest BCUT2D eigenvalue weighted by Gasteiger charge is 2.10. The molecule has 26 heavy (non-hydrogen) atoms. The van der Waals surface area contributed by atoms with Crippen molar-refractivity contribution in [3.8, 4) is 16.9 Å². The molecule has 0 aliphatic carbocycles. The minimum atomic E-state index is 0.830. The first-order chi connectivity index (χ1) is 12.7. The maximum atomic E-state index is 5.64. The number of halogens is 1. The topological polar surface area (TPSA) is 31.0 Å². The van der Waals surface area contributed by atoms with E-state index in [1.54, 1.807) is 0 Å². The normalized spacial score (nSPS) is 11.3. The zero-order valence-electron chi connectivity index (χ0n) is 14.3. The van der Waals surface area contributed by atoms with Crippen molar-refractivity contribution in [1.82, 2.24) is 9.78 Å². The van der Waals surface area contributed by atoms with Crippen molar-refractivity contribution in [2.45, 2.75) is 6.92 Å². The molecule has 0 aliphatic heterocycles. The van der Waals surface area contributed by atoms with Crippen molar-refractivity contribution in [2.75, 3.05) is 0 Å². The van der Waals surface area contributed by atoms with Crippen LogP contribution in [0.4, 0.5) is 0 Å². The molecule has 0 amide bonds. The average molecular weight is 405 g/mol. The fourth-order valence-corrected chi connectivity index (χ4v) is 3.03. The predicted molar refractivity (Wildman–Crippen MR) is 109 cm³/mol. The van der Waals surface area contributed by atoms with Gasteiger partial charge in [-0.2, -0.15) is 5.10 Å². The standard InChI is InChI=1S/C22H17BrN2O/c1-16-7-13-21(26-16)14-10-18-15-25(20-5-3-2-4-6-20)24-22(18)17-8-11-19(23)12-9-17/h2-15H,1H3/b14-10+. The molecule has 2 aromatic carbocycles. The van der Waals surface area contributed by atoms with Crippen molar-refractivity contribution < 1.29 is 4.42 Å². The molecule has 4 aromatic rings. The summed E-state index contributed by atoms with van der Waals surface area (Å²) in [5.41, 5.74) is 4.06. The summed E-state index contributed by atoms with van der Waals surface area (Å²) in [4.78, 5) is 0. The molecule has 3 nitrogen and oxygen atoms in total. The number of rotatable bonds is 4. The Balaban J connectivity index is 1.78. The molecule has 0 bridgehead atoms. The zero-order valence-corrected chi connectivity index (χ0v) is 15.8. The van der Waals surface area contributed by atoms with E-state index in [1.165, 1.54) is 0 Å². The van der Waals surface area contributed by atoms with Gasteiger partial charge in [-0.15, -0.1) is 0 Å². The van der Waals surface area contributed by atoms with Crippen LogP contribution in [0.2, 0.25) is 0 Å². The second kappa shape index (κ2) is 7.18. The fraction of sp³-hybridized carbons (Fsp3) is 0.0455. The smallest absolute Gasteiger partial charge is 0.127 e. The van der Waals surface area contributed by atoms with E-state index < -0.39 is 0 Å². The zero-order chi connectivity index (χ0) is 17.9. The number of hydrogen-bond donors (Lipinski definition) is 0. The maximum Gasteiger partial charge on any atom is 0.127 e. The van der Waals surface area contributed by atoms with Crippen LogP contribution < -0.4 is 0 Å². The molecule has 0 unspecified atom stereocenters. The molecule has 0 fully saturated rings. The molecular formula is C22H17BrN2O. The van der Waals surface area contributed by atoms with Crippen LogP contribution >= 0.6 is 15.9 Å². The Morgan fingerprint density at radius 3 is 2.38 bits per heavy atom. The molecule has 2 heterocycles. The van der Waals surface area contributed by atoms with Crippen LogP contribution in [0.3, 0.4) is 0 Å². The van der Waals surface area contributed by atoms with E-state index in [4.69, 9.17) is 9.52 Å². The molecule has 4 heteroatoms. The third-order valence-electron chi connectivity index (χ3n) is 4.07. The van der Waals surface area contributed by atoms with Crippen LogP contribution in [0.5, 0.6) is 0 Å². The number of benzene rings is 2. The summed E-state index contributed by atoms with van der Waals surface area (Å²) in [5, 5.41) is 4.82. The van der Waals surface area contributed by atoms with Gasteiger partial charge in [-0.3, -0.25) is 0 Å². The Bertz CT molecular complexity index is 1040. The SMILES string of the molecule is Cc1ccc(/C=C/c2cn(-c3ccccc3)nc2-c2ccc(Br)cc2)o1. The number of aryl methyl sites for hydroxylation is 1. The van der Waals surface area contributed by atoms with Gasteiger partial charge < -0.3 is 4.42 Å². The molecule has 0 N–H and O–H groups in total. The summed E-state index contributed by atoms with van der Waals surface area (Å²) in [5.74, 6) is 1.73. The monoisotopic (exact) mass is 404 g/mol. The predicted octanol–water partition coefficient (Wildman–Crippen LogP) is 6.37. The molecule has 2 aromatic heterocycles. The molecule has 4 rings (SSSR count). The summed E-state index contributed by atoms with van der Waals surface area (Å²) in [6.45, 7) is 1.94. The second-order valence-electron chi connectivity index (χ2n) is 6.00. The lowest BCUT2D eigenvalue weighted by atomic mass is 10.1. The number of nitrogens with zero attached hydrogens (tertiary/aromatic N) is 2. The van der Waals surface area contributed by atoms with Crippen molar-refractivity contribution >= 4 is 28.1 Å². The third-order valence-corrected chi connectivity index (χ3v) is 4.60. The lowest BCUT2D eigenvalue weighted by Crippen LogP contribution is -1.93. The van der Waals surface area contributed by atoms with Gasteiger partial charge >= 0.3 is 0 Å². The van der Waals surface area contributed by atoms with Crippen LogP contribution in [-0.2, 0) is 0 Å². The van der Waals surface area contributed by atoms with Crippen molar-refractivity contribution in [3.63, 3.8) is 0 Å². The van der Waals surface area contributed by atoms with Gasteiger partial charge in [-0.05, 0) is 55.5 Å². The number of para-hydroxylation sites is 1. The molecule has 0 atom stereocenters. The molecule has 0 radical (unpaired) electrons. The molecule has 0 aliphatic rings. The Morgan fingerprint density at radius 1 is 0.923 bits per heavy atom. The summed E-state index contributed by atoms with van der Waals surface area (Å²) in [6.07, 6.45) is 6.06. The van der Waals surface area contributed by atoms with Gasteiger partial charge in [0.05, 0.1) is 11.4 Å². The Kier molecular flexibility index (Phi) is 4.59. The Morgan fingerprint density at radius 2 is 1.69 bits per heavy atom. The number of aromatic nitrogens is 2. The van der Waals surface area contributed by atoms with Crippen LogP contribution in [-0.4, -0.2) is 9.78 Å². The van der Waals surface area contributed by atoms with Crippen LogP contribution in [0.1, 0.15) is 17.1 Å². The highest BCUT2D eigenvalue weighted by Crippen LogP contribution is 2.27. The minimum Gasteiger partial charge on any atom is -0.462 e. The van der Waals surface area contributed by atoms with Crippen molar-refractivity contribution in [3.05, 3.63) is 94.5 Å². The Hall–Kier alpha value is -2.85. The van der Waals surface area contributed by atoms with Crippen LogP contribution in [0.15, 0.2) is 81.8 Å². The van der Waals surface area contributed by atoms with E-state index >= 15 is 0 Å². The Labute approximate surface area is 160 Å². The van der Waals surface area contributed by atoms with Gasteiger partial charge in [0.2, 0.25) is 0 Å². The molecular weight excluding hydrogens is 388 g/mol. The quantitative estimate of drug-likeness (QED) is 0.395. The average Bonchev–Trinajstić information content (AvgIpc) is 3.28. The van der Waals surface area contributed by atoms with Gasteiger partial charge in [0, 0.05) is 21.8 Å². The second-order valence-corrected chi connectivity index (χ2v) is 6.92. The van der Waals surface area contributed by atoms with Gasteiger partial charge in [0.1, 0.15) is 11.5 Å². The highest BCUT2D eigenvalue weighted by molar-refractivity contribution is 9.10. The van der Waals surface area contributed by atoms with Crippen molar-refractivity contribution in [1.29, 1.82) is 0 Å². The molecule has 128 valence electrons.